The molecule has 0 unspecified atom stereocenters. The van der Waals surface area contributed by atoms with E-state index in [9.17, 15) is 8.42 Å². The predicted octanol–water partition coefficient (Wildman–Crippen LogP) is 3.56. The monoisotopic (exact) mass is 462 g/mol. The summed E-state index contributed by atoms with van der Waals surface area (Å²) in [5.74, 6) is 0.178. The van der Waals surface area contributed by atoms with Gasteiger partial charge >= 0.3 is 0 Å². The second-order valence-electron chi connectivity index (χ2n) is 5.88. The van der Waals surface area contributed by atoms with Crippen LogP contribution in [0.3, 0.4) is 0 Å². The molecule has 0 radical (unpaired) electrons. The van der Waals surface area contributed by atoms with Crippen LogP contribution < -0.4 is 14.4 Å². The maximum absolute atomic E-state index is 12.6. The molecule has 0 aliphatic rings. The first-order valence-corrected chi connectivity index (χ1v) is 10.7. The van der Waals surface area contributed by atoms with Crippen molar-refractivity contribution in [1.82, 2.24) is 9.97 Å². The number of anilines is 2. The number of aromatic nitrogens is 2. The first-order chi connectivity index (χ1) is 13.5. The molecule has 146 valence electrons. The lowest BCUT2D eigenvalue weighted by atomic mass is 10.3. The van der Waals surface area contributed by atoms with Gasteiger partial charge in [-0.3, -0.25) is 4.72 Å². The molecule has 0 aliphatic heterocycles. The van der Waals surface area contributed by atoms with E-state index < -0.39 is 10.0 Å². The van der Waals surface area contributed by atoms with E-state index >= 15 is 0 Å². The summed E-state index contributed by atoms with van der Waals surface area (Å²) < 4.78 is 34.1. The number of nitrogens with zero attached hydrogens (tertiary/aromatic N) is 3. The summed E-state index contributed by atoms with van der Waals surface area (Å²) in [6.07, 6.45) is 2.86. The van der Waals surface area contributed by atoms with Gasteiger partial charge in [-0.25, -0.2) is 18.4 Å². The summed E-state index contributed by atoms with van der Waals surface area (Å²) in [7, 11) is -1.85. The Hall–Kier alpha value is -2.65. The van der Waals surface area contributed by atoms with Crippen molar-refractivity contribution in [1.29, 1.82) is 0 Å². The molecule has 3 aromatic rings. The Balaban J connectivity index is 1.67. The van der Waals surface area contributed by atoms with Crippen molar-refractivity contribution in [3.8, 4) is 5.88 Å². The number of likely N-dealkylation sites (N-methyl/N-ethyl adjacent to an activating group) is 1. The maximum Gasteiger partial charge on any atom is 0.263 e. The van der Waals surface area contributed by atoms with Gasteiger partial charge in [0, 0.05) is 29.6 Å². The zero-order valence-electron chi connectivity index (χ0n) is 15.1. The second-order valence-corrected chi connectivity index (χ2v) is 8.47. The van der Waals surface area contributed by atoms with Crippen LogP contribution in [-0.4, -0.2) is 38.6 Å². The highest BCUT2D eigenvalue weighted by atomic mass is 79.9. The number of halogens is 1. The lowest BCUT2D eigenvalue weighted by Crippen LogP contribution is -2.24. The molecule has 0 amide bonds. The number of nitrogens with one attached hydrogen (secondary N) is 1. The van der Waals surface area contributed by atoms with Crippen molar-refractivity contribution in [3.63, 3.8) is 0 Å². The summed E-state index contributed by atoms with van der Waals surface area (Å²) in [5, 5.41) is 0. The molecule has 0 atom stereocenters. The third kappa shape index (κ3) is 5.20. The van der Waals surface area contributed by atoms with Crippen molar-refractivity contribution in [2.24, 2.45) is 0 Å². The van der Waals surface area contributed by atoms with E-state index in [1.165, 1.54) is 24.5 Å². The fourth-order valence-electron chi connectivity index (χ4n) is 2.39. The van der Waals surface area contributed by atoms with Crippen LogP contribution >= 0.6 is 15.9 Å². The first-order valence-electron chi connectivity index (χ1n) is 8.44. The summed E-state index contributed by atoms with van der Waals surface area (Å²) in [5.41, 5.74) is 1.06. The van der Waals surface area contributed by atoms with E-state index in [1.807, 2.05) is 42.3 Å². The van der Waals surface area contributed by atoms with Crippen molar-refractivity contribution >= 4 is 37.5 Å². The molecule has 0 saturated heterocycles. The molecule has 1 heterocycles. The topological polar surface area (TPSA) is 84.4 Å². The quantitative estimate of drug-likeness (QED) is 0.550. The van der Waals surface area contributed by atoms with Gasteiger partial charge in [-0.05, 0) is 36.4 Å². The van der Waals surface area contributed by atoms with E-state index in [-0.39, 0.29) is 16.6 Å². The second kappa shape index (κ2) is 9.03. The van der Waals surface area contributed by atoms with E-state index in [0.29, 0.717) is 13.2 Å². The minimum absolute atomic E-state index is 0.0489. The molecule has 1 N–H and O–H groups in total. The number of ether oxygens (including phenoxy) is 1. The van der Waals surface area contributed by atoms with Crippen molar-refractivity contribution in [3.05, 3.63) is 71.5 Å². The number of sulfonamides is 1. The number of rotatable bonds is 8. The van der Waals surface area contributed by atoms with Crippen LogP contribution in [0.4, 0.5) is 11.5 Å². The highest BCUT2D eigenvalue weighted by Gasteiger charge is 2.18. The minimum atomic E-state index is -3.80. The van der Waals surface area contributed by atoms with Crippen LogP contribution in [0.25, 0.3) is 0 Å². The largest absolute Gasteiger partial charge is 0.473 e. The predicted molar refractivity (Wildman–Crippen MR) is 112 cm³/mol. The molecule has 0 fully saturated rings. The Morgan fingerprint density at radius 2 is 1.71 bits per heavy atom. The van der Waals surface area contributed by atoms with Crippen molar-refractivity contribution < 1.29 is 13.2 Å². The molecule has 7 nitrogen and oxygen atoms in total. The van der Waals surface area contributed by atoms with Crippen LogP contribution in [0.1, 0.15) is 0 Å². The average Bonchev–Trinajstić information content (AvgIpc) is 2.70. The minimum Gasteiger partial charge on any atom is -0.473 e. The van der Waals surface area contributed by atoms with E-state index in [1.54, 1.807) is 12.1 Å². The van der Waals surface area contributed by atoms with Crippen LogP contribution in [0, 0.1) is 0 Å². The molecule has 3 rings (SSSR count). The van der Waals surface area contributed by atoms with Gasteiger partial charge in [0.1, 0.15) is 6.61 Å². The lowest BCUT2D eigenvalue weighted by Gasteiger charge is -2.19. The Kier molecular flexibility index (Phi) is 6.48. The number of para-hydroxylation sites is 1. The third-order valence-electron chi connectivity index (χ3n) is 3.88. The molecule has 28 heavy (non-hydrogen) atoms. The normalized spacial score (nSPS) is 11.1. The van der Waals surface area contributed by atoms with Crippen LogP contribution in [0.15, 0.2) is 76.4 Å². The standard InChI is InChI=1S/C19H19BrN4O3S/c1-24(16-5-3-2-4-6-16)13-14-27-19-18(21-11-12-22-19)23-28(25,26)17-9-7-15(20)8-10-17/h2-12H,13-14H2,1H3,(H,21,23). The zero-order valence-corrected chi connectivity index (χ0v) is 17.5. The SMILES string of the molecule is CN(CCOc1nccnc1NS(=O)(=O)c1ccc(Br)cc1)c1ccccc1. The van der Waals surface area contributed by atoms with Gasteiger partial charge in [-0.15, -0.1) is 0 Å². The highest BCUT2D eigenvalue weighted by Crippen LogP contribution is 2.23. The molecular weight excluding hydrogens is 444 g/mol. The molecule has 1 aromatic heterocycles. The number of hydrogen-bond acceptors (Lipinski definition) is 6. The van der Waals surface area contributed by atoms with Gasteiger partial charge < -0.3 is 9.64 Å². The zero-order chi connectivity index (χ0) is 20.0. The molecule has 0 spiro atoms. The summed E-state index contributed by atoms with van der Waals surface area (Å²) in [6, 6.07) is 16.2. The Labute approximate surface area is 172 Å². The summed E-state index contributed by atoms with van der Waals surface area (Å²) >= 11 is 3.29. The van der Waals surface area contributed by atoms with E-state index in [4.69, 9.17) is 4.74 Å². The highest BCUT2D eigenvalue weighted by molar-refractivity contribution is 9.10. The Morgan fingerprint density at radius 3 is 2.43 bits per heavy atom. The molecule has 0 saturated carbocycles. The van der Waals surface area contributed by atoms with Gasteiger partial charge in [0.25, 0.3) is 15.9 Å². The average molecular weight is 463 g/mol. The smallest absolute Gasteiger partial charge is 0.263 e. The third-order valence-corrected chi connectivity index (χ3v) is 5.77. The van der Waals surface area contributed by atoms with E-state index in [0.717, 1.165) is 10.2 Å². The van der Waals surface area contributed by atoms with Gasteiger partial charge in [0.05, 0.1) is 11.4 Å². The summed E-state index contributed by atoms with van der Waals surface area (Å²) in [6.45, 7) is 0.913. The van der Waals surface area contributed by atoms with Gasteiger partial charge in [0.15, 0.2) is 0 Å². The van der Waals surface area contributed by atoms with Gasteiger partial charge in [-0.2, -0.15) is 0 Å². The first kappa shape index (κ1) is 20.1. The van der Waals surface area contributed by atoms with Gasteiger partial charge in [-0.1, -0.05) is 34.1 Å². The fraction of sp³-hybridized carbons (Fsp3) is 0.158. The number of hydrogen-bond donors (Lipinski definition) is 1. The van der Waals surface area contributed by atoms with Crippen LogP contribution in [0.5, 0.6) is 5.88 Å². The molecule has 9 heteroatoms. The van der Waals surface area contributed by atoms with Crippen molar-refractivity contribution in [2.45, 2.75) is 4.90 Å². The molecule has 2 aromatic carbocycles. The Morgan fingerprint density at radius 1 is 1.04 bits per heavy atom. The maximum atomic E-state index is 12.6. The van der Waals surface area contributed by atoms with Crippen LogP contribution in [-0.2, 0) is 10.0 Å². The van der Waals surface area contributed by atoms with E-state index in [2.05, 4.69) is 30.6 Å². The molecule has 0 bridgehead atoms. The molecule has 0 aliphatic carbocycles. The summed E-state index contributed by atoms with van der Waals surface area (Å²) in [4.78, 5) is 10.3. The van der Waals surface area contributed by atoms with Crippen molar-refractivity contribution in [2.75, 3.05) is 29.8 Å². The Bertz CT molecular complexity index is 1010. The van der Waals surface area contributed by atoms with Crippen LogP contribution in [0.2, 0.25) is 0 Å². The fourth-order valence-corrected chi connectivity index (χ4v) is 3.66. The number of benzene rings is 2. The van der Waals surface area contributed by atoms with Gasteiger partial charge in [0.2, 0.25) is 5.82 Å². The lowest BCUT2D eigenvalue weighted by molar-refractivity contribution is 0.314. The molecular formula is C19H19BrN4O3S.